The second-order valence-corrected chi connectivity index (χ2v) is 3.77. The van der Waals surface area contributed by atoms with E-state index in [9.17, 15) is 9.59 Å². The van der Waals surface area contributed by atoms with E-state index in [1.165, 1.54) is 0 Å². The number of hydrogen-bond acceptors (Lipinski definition) is 2. The molecular weight excluding hydrogens is 220 g/mol. The zero-order valence-corrected chi connectivity index (χ0v) is 9.86. The van der Waals surface area contributed by atoms with E-state index >= 15 is 0 Å². The molecule has 17 heavy (non-hydrogen) atoms. The van der Waals surface area contributed by atoms with E-state index in [0.29, 0.717) is 12.1 Å². The van der Waals surface area contributed by atoms with Crippen LogP contribution in [-0.2, 0) is 4.79 Å². The zero-order chi connectivity index (χ0) is 12.8. The van der Waals surface area contributed by atoms with E-state index in [-0.39, 0.29) is 0 Å². The summed E-state index contributed by atoms with van der Waals surface area (Å²) in [6.07, 6.45) is 0.344. The lowest BCUT2D eigenvalue weighted by atomic mass is 10.2. The van der Waals surface area contributed by atoms with Gasteiger partial charge in [0, 0.05) is 5.69 Å². The third-order valence-corrected chi connectivity index (χ3v) is 2.29. The van der Waals surface area contributed by atoms with Crippen LogP contribution >= 0.6 is 0 Å². The highest BCUT2D eigenvalue weighted by molar-refractivity contribution is 5.92. The third-order valence-electron chi connectivity index (χ3n) is 2.29. The maximum absolute atomic E-state index is 11.5. The third kappa shape index (κ3) is 4.14. The number of carbonyl (C=O) groups excluding carboxylic acids is 1. The van der Waals surface area contributed by atoms with Crippen LogP contribution in [-0.4, -0.2) is 23.1 Å². The molecule has 0 saturated heterocycles. The van der Waals surface area contributed by atoms with E-state index in [2.05, 4.69) is 10.6 Å². The van der Waals surface area contributed by atoms with Gasteiger partial charge in [0.15, 0.2) is 0 Å². The largest absolute Gasteiger partial charge is 0.480 e. The summed E-state index contributed by atoms with van der Waals surface area (Å²) in [5, 5.41) is 13.8. The molecule has 0 saturated carbocycles. The van der Waals surface area contributed by atoms with Gasteiger partial charge in [-0.2, -0.15) is 0 Å². The van der Waals surface area contributed by atoms with Crippen LogP contribution in [0.5, 0.6) is 0 Å². The summed E-state index contributed by atoms with van der Waals surface area (Å²) in [5.41, 5.74) is 1.66. The van der Waals surface area contributed by atoms with Crippen LogP contribution in [0.2, 0.25) is 0 Å². The fourth-order valence-corrected chi connectivity index (χ4v) is 1.39. The summed E-state index contributed by atoms with van der Waals surface area (Å²) < 4.78 is 0. The van der Waals surface area contributed by atoms with Gasteiger partial charge >= 0.3 is 12.0 Å². The van der Waals surface area contributed by atoms with Crippen molar-refractivity contribution in [1.29, 1.82) is 0 Å². The molecule has 92 valence electrons. The fourth-order valence-electron chi connectivity index (χ4n) is 1.39. The first-order valence-electron chi connectivity index (χ1n) is 5.40. The van der Waals surface area contributed by atoms with Gasteiger partial charge in [-0.05, 0) is 31.0 Å². The Balaban J connectivity index is 2.58. The number of carboxylic acids is 1. The van der Waals surface area contributed by atoms with Gasteiger partial charge in [0.2, 0.25) is 0 Å². The van der Waals surface area contributed by atoms with Crippen molar-refractivity contribution >= 4 is 17.7 Å². The van der Waals surface area contributed by atoms with Gasteiger partial charge in [-0.25, -0.2) is 9.59 Å². The number of carboxylic acid groups (broad SMARTS) is 1. The number of carbonyl (C=O) groups is 2. The zero-order valence-electron chi connectivity index (χ0n) is 9.86. The Labute approximate surface area is 99.8 Å². The molecule has 2 amide bonds. The average Bonchev–Trinajstić information content (AvgIpc) is 2.25. The molecule has 0 aliphatic heterocycles. The van der Waals surface area contributed by atoms with Crippen LogP contribution in [0, 0.1) is 6.92 Å². The van der Waals surface area contributed by atoms with Gasteiger partial charge in [-0.3, -0.25) is 0 Å². The number of urea groups is 1. The number of amides is 2. The maximum atomic E-state index is 11.5. The molecule has 0 unspecified atom stereocenters. The lowest BCUT2D eigenvalue weighted by Gasteiger charge is -2.13. The van der Waals surface area contributed by atoms with E-state index in [0.717, 1.165) is 5.56 Å². The van der Waals surface area contributed by atoms with E-state index in [4.69, 9.17) is 5.11 Å². The van der Waals surface area contributed by atoms with Crippen LogP contribution in [0.15, 0.2) is 24.3 Å². The minimum atomic E-state index is -1.04. The molecule has 1 rings (SSSR count). The van der Waals surface area contributed by atoms with Crippen molar-refractivity contribution in [1.82, 2.24) is 5.32 Å². The minimum Gasteiger partial charge on any atom is -0.480 e. The summed E-state index contributed by atoms with van der Waals surface area (Å²) in [7, 11) is 0. The molecule has 5 nitrogen and oxygen atoms in total. The van der Waals surface area contributed by atoms with Crippen molar-refractivity contribution in [2.45, 2.75) is 26.3 Å². The van der Waals surface area contributed by atoms with Crippen molar-refractivity contribution in [2.24, 2.45) is 0 Å². The lowest BCUT2D eigenvalue weighted by molar-refractivity contribution is -0.139. The summed E-state index contributed by atoms with van der Waals surface area (Å²) in [5.74, 6) is -1.04. The molecule has 1 atom stereocenters. The van der Waals surface area contributed by atoms with Crippen LogP contribution in [0.25, 0.3) is 0 Å². The molecule has 5 heteroatoms. The van der Waals surface area contributed by atoms with Gasteiger partial charge in [-0.1, -0.05) is 19.1 Å². The topological polar surface area (TPSA) is 78.4 Å². The molecule has 0 aliphatic carbocycles. The Hall–Kier alpha value is -2.04. The maximum Gasteiger partial charge on any atom is 0.326 e. The second-order valence-electron chi connectivity index (χ2n) is 3.77. The molecule has 0 aliphatic rings. The fraction of sp³-hybridized carbons (Fsp3) is 0.333. The van der Waals surface area contributed by atoms with Crippen molar-refractivity contribution < 1.29 is 14.7 Å². The standard InChI is InChI=1S/C12H16N2O3/c1-3-10(11(15)16)14-12(17)13-9-6-4-5-8(2)7-9/h4-7,10H,3H2,1-2H3,(H,15,16)(H2,13,14,17)/t10-/m0/s1. The SMILES string of the molecule is CC[C@H](NC(=O)Nc1cccc(C)c1)C(=O)O. The number of rotatable bonds is 4. The van der Waals surface area contributed by atoms with Crippen molar-refractivity contribution in [3.8, 4) is 0 Å². The second kappa shape index (κ2) is 5.89. The van der Waals surface area contributed by atoms with Gasteiger partial charge in [-0.15, -0.1) is 0 Å². The highest BCUT2D eigenvalue weighted by Crippen LogP contribution is 2.09. The predicted octanol–water partition coefficient (Wildman–Crippen LogP) is 1.98. The molecule has 3 N–H and O–H groups in total. The molecule has 1 aromatic carbocycles. The average molecular weight is 236 g/mol. The predicted molar refractivity (Wildman–Crippen MR) is 65.0 cm³/mol. The Bertz CT molecular complexity index is 418. The Morgan fingerprint density at radius 2 is 2.12 bits per heavy atom. The highest BCUT2D eigenvalue weighted by atomic mass is 16.4. The van der Waals surface area contributed by atoms with E-state index in [1.54, 1.807) is 19.1 Å². The Morgan fingerprint density at radius 1 is 1.41 bits per heavy atom. The molecule has 0 aromatic heterocycles. The van der Waals surface area contributed by atoms with Crippen LogP contribution in [0.3, 0.4) is 0 Å². The number of benzene rings is 1. The minimum absolute atomic E-state index is 0.344. The molecule has 1 aromatic rings. The van der Waals surface area contributed by atoms with E-state index in [1.807, 2.05) is 19.1 Å². The smallest absolute Gasteiger partial charge is 0.326 e. The number of aliphatic carboxylic acids is 1. The number of aryl methyl sites for hydroxylation is 1. The quantitative estimate of drug-likeness (QED) is 0.748. The van der Waals surface area contributed by atoms with Crippen LogP contribution in [0.1, 0.15) is 18.9 Å². The Kier molecular flexibility index (Phi) is 4.51. The monoisotopic (exact) mass is 236 g/mol. The van der Waals surface area contributed by atoms with Crippen molar-refractivity contribution in [3.05, 3.63) is 29.8 Å². The molecule has 0 spiro atoms. The number of hydrogen-bond donors (Lipinski definition) is 3. The summed E-state index contributed by atoms with van der Waals surface area (Å²) in [4.78, 5) is 22.2. The van der Waals surface area contributed by atoms with Crippen molar-refractivity contribution in [3.63, 3.8) is 0 Å². The molecule has 0 heterocycles. The lowest BCUT2D eigenvalue weighted by Crippen LogP contribution is -2.42. The molecule has 0 bridgehead atoms. The van der Waals surface area contributed by atoms with E-state index < -0.39 is 18.0 Å². The van der Waals surface area contributed by atoms with Gasteiger partial charge in [0.1, 0.15) is 6.04 Å². The van der Waals surface area contributed by atoms with Crippen LogP contribution < -0.4 is 10.6 Å². The van der Waals surface area contributed by atoms with Gasteiger partial charge < -0.3 is 15.7 Å². The number of nitrogens with one attached hydrogen (secondary N) is 2. The van der Waals surface area contributed by atoms with Gasteiger partial charge in [0.05, 0.1) is 0 Å². The highest BCUT2D eigenvalue weighted by Gasteiger charge is 2.17. The Morgan fingerprint density at radius 3 is 2.65 bits per heavy atom. The first-order chi connectivity index (χ1) is 8.02. The summed E-state index contributed by atoms with van der Waals surface area (Å²) in [6.45, 7) is 3.61. The molecule has 0 fully saturated rings. The van der Waals surface area contributed by atoms with Crippen molar-refractivity contribution in [2.75, 3.05) is 5.32 Å². The first kappa shape index (κ1) is 13.0. The first-order valence-corrected chi connectivity index (χ1v) is 5.40. The molecule has 0 radical (unpaired) electrons. The summed E-state index contributed by atoms with van der Waals surface area (Å²) in [6, 6.07) is 5.91. The number of anilines is 1. The molecular formula is C12H16N2O3. The summed E-state index contributed by atoms with van der Waals surface area (Å²) >= 11 is 0. The van der Waals surface area contributed by atoms with Crippen LogP contribution in [0.4, 0.5) is 10.5 Å². The van der Waals surface area contributed by atoms with Gasteiger partial charge in [0.25, 0.3) is 0 Å². The normalized spacial score (nSPS) is 11.6.